The van der Waals surface area contributed by atoms with Crippen molar-refractivity contribution in [3.05, 3.63) is 48.0 Å². The van der Waals surface area contributed by atoms with Crippen LogP contribution in [-0.2, 0) is 4.79 Å². The zero-order valence-corrected chi connectivity index (χ0v) is 12.8. The average molecular weight is 312 g/mol. The first-order chi connectivity index (χ1) is 11.1. The van der Waals surface area contributed by atoms with E-state index in [4.69, 9.17) is 9.47 Å². The van der Waals surface area contributed by atoms with Crippen molar-refractivity contribution in [1.82, 2.24) is 5.32 Å². The summed E-state index contributed by atoms with van der Waals surface area (Å²) in [5.74, 6) is 1.47. The van der Waals surface area contributed by atoms with Crippen LogP contribution < -0.4 is 19.7 Å². The molecule has 1 N–H and O–H groups in total. The van der Waals surface area contributed by atoms with Gasteiger partial charge in [-0.15, -0.1) is 0 Å². The summed E-state index contributed by atoms with van der Waals surface area (Å²) in [5.41, 5.74) is 1.47. The minimum atomic E-state index is -0.451. The molecule has 23 heavy (non-hydrogen) atoms. The van der Waals surface area contributed by atoms with Gasteiger partial charge in [0.25, 0.3) is 0 Å². The van der Waals surface area contributed by atoms with Gasteiger partial charge in [0.05, 0.1) is 12.8 Å². The van der Waals surface area contributed by atoms with E-state index in [1.165, 1.54) is 4.90 Å². The molecule has 0 bridgehead atoms. The van der Waals surface area contributed by atoms with Crippen LogP contribution in [0.1, 0.15) is 5.56 Å². The molecule has 0 atom stereocenters. The van der Waals surface area contributed by atoms with Crippen LogP contribution in [0.3, 0.4) is 0 Å². The summed E-state index contributed by atoms with van der Waals surface area (Å²) in [6, 6.07) is 12.2. The molecule has 2 aromatic carbocycles. The van der Waals surface area contributed by atoms with Crippen molar-refractivity contribution in [3.8, 4) is 17.2 Å². The molecule has 0 spiro atoms. The SMILES string of the molecule is COc1ccc(C)c(Oc2ccccc2N2CC(=O)NC2=O)c1. The van der Waals surface area contributed by atoms with E-state index < -0.39 is 6.03 Å². The number of carbonyl (C=O) groups is 2. The van der Waals surface area contributed by atoms with Gasteiger partial charge >= 0.3 is 6.03 Å². The third-order valence-corrected chi connectivity index (χ3v) is 3.56. The van der Waals surface area contributed by atoms with Crippen molar-refractivity contribution in [3.63, 3.8) is 0 Å². The molecular formula is C17H16N2O4. The Bertz CT molecular complexity index is 773. The average Bonchev–Trinajstić information content (AvgIpc) is 2.88. The molecular weight excluding hydrogens is 296 g/mol. The predicted octanol–water partition coefficient (Wildman–Crippen LogP) is 2.85. The van der Waals surface area contributed by atoms with Crippen molar-refractivity contribution in [1.29, 1.82) is 0 Å². The molecule has 1 heterocycles. The number of hydrogen-bond acceptors (Lipinski definition) is 4. The Morgan fingerprint density at radius 2 is 1.87 bits per heavy atom. The molecule has 1 aliphatic rings. The number of urea groups is 1. The highest BCUT2D eigenvalue weighted by Crippen LogP contribution is 2.35. The lowest BCUT2D eigenvalue weighted by Gasteiger charge is -2.18. The van der Waals surface area contributed by atoms with Crippen molar-refractivity contribution in [2.75, 3.05) is 18.6 Å². The monoisotopic (exact) mass is 312 g/mol. The molecule has 1 aliphatic heterocycles. The molecule has 0 aliphatic carbocycles. The topological polar surface area (TPSA) is 67.9 Å². The summed E-state index contributed by atoms with van der Waals surface area (Å²) in [6.07, 6.45) is 0. The maximum Gasteiger partial charge on any atom is 0.329 e. The Morgan fingerprint density at radius 3 is 2.57 bits per heavy atom. The quantitative estimate of drug-likeness (QED) is 0.882. The first-order valence-corrected chi connectivity index (χ1v) is 7.11. The standard InChI is InChI=1S/C17H16N2O4/c1-11-7-8-12(22-2)9-15(11)23-14-6-4-3-5-13(14)19-10-16(20)18-17(19)21/h3-9H,10H2,1-2H3,(H,18,20,21). The highest BCUT2D eigenvalue weighted by atomic mass is 16.5. The molecule has 2 aromatic rings. The summed E-state index contributed by atoms with van der Waals surface area (Å²) in [7, 11) is 1.59. The molecule has 0 unspecified atom stereocenters. The third-order valence-electron chi connectivity index (χ3n) is 3.56. The van der Waals surface area contributed by atoms with Gasteiger partial charge in [0.15, 0.2) is 5.75 Å². The molecule has 118 valence electrons. The number of nitrogens with one attached hydrogen (secondary N) is 1. The molecule has 3 rings (SSSR count). The summed E-state index contributed by atoms with van der Waals surface area (Å²) >= 11 is 0. The first-order valence-electron chi connectivity index (χ1n) is 7.11. The Hall–Kier alpha value is -3.02. The van der Waals surface area contributed by atoms with E-state index in [1.807, 2.05) is 25.1 Å². The van der Waals surface area contributed by atoms with Gasteiger partial charge in [-0.25, -0.2) is 4.79 Å². The van der Waals surface area contributed by atoms with E-state index in [0.29, 0.717) is 22.9 Å². The Labute approximate surface area is 133 Å². The number of methoxy groups -OCH3 is 1. The second-order valence-electron chi connectivity index (χ2n) is 5.14. The van der Waals surface area contributed by atoms with Gasteiger partial charge in [0.2, 0.25) is 5.91 Å². The lowest BCUT2D eigenvalue weighted by molar-refractivity contribution is -0.117. The van der Waals surface area contributed by atoms with Crippen molar-refractivity contribution < 1.29 is 19.1 Å². The Balaban J connectivity index is 1.95. The minimum absolute atomic E-state index is 0.0176. The van der Waals surface area contributed by atoms with E-state index in [2.05, 4.69) is 5.32 Å². The highest BCUT2D eigenvalue weighted by Gasteiger charge is 2.30. The molecule has 1 fully saturated rings. The smallest absolute Gasteiger partial charge is 0.329 e. The third kappa shape index (κ3) is 2.96. The molecule has 6 heteroatoms. The molecule has 0 saturated carbocycles. The van der Waals surface area contributed by atoms with Gasteiger partial charge < -0.3 is 9.47 Å². The maximum absolute atomic E-state index is 11.9. The van der Waals surface area contributed by atoms with Gasteiger partial charge in [-0.1, -0.05) is 18.2 Å². The number of ether oxygens (including phenoxy) is 2. The number of anilines is 1. The number of para-hydroxylation sites is 2. The number of imide groups is 1. The number of amides is 3. The van der Waals surface area contributed by atoms with Crippen LogP contribution in [0.15, 0.2) is 42.5 Å². The van der Waals surface area contributed by atoms with Gasteiger partial charge in [-0.3, -0.25) is 15.0 Å². The van der Waals surface area contributed by atoms with Gasteiger partial charge in [-0.2, -0.15) is 0 Å². The number of nitrogens with zero attached hydrogens (tertiary/aromatic N) is 1. The molecule has 1 saturated heterocycles. The molecule has 3 amide bonds. The van der Waals surface area contributed by atoms with Crippen LogP contribution in [0.5, 0.6) is 17.2 Å². The lowest BCUT2D eigenvalue weighted by Crippen LogP contribution is -2.28. The highest BCUT2D eigenvalue weighted by molar-refractivity contribution is 6.12. The molecule has 0 aromatic heterocycles. The van der Waals surface area contributed by atoms with Crippen LogP contribution >= 0.6 is 0 Å². The molecule has 6 nitrogen and oxygen atoms in total. The van der Waals surface area contributed by atoms with Crippen LogP contribution in [0.4, 0.5) is 10.5 Å². The number of aryl methyl sites for hydroxylation is 1. The van der Waals surface area contributed by atoms with Gasteiger partial charge in [-0.05, 0) is 30.7 Å². The van der Waals surface area contributed by atoms with Crippen LogP contribution in [0, 0.1) is 6.92 Å². The fraction of sp³-hybridized carbons (Fsp3) is 0.176. The van der Waals surface area contributed by atoms with Crippen molar-refractivity contribution >= 4 is 17.6 Å². The van der Waals surface area contributed by atoms with E-state index in [0.717, 1.165) is 5.56 Å². The zero-order valence-electron chi connectivity index (χ0n) is 12.8. The van der Waals surface area contributed by atoms with Gasteiger partial charge in [0, 0.05) is 6.07 Å². The summed E-state index contributed by atoms with van der Waals surface area (Å²) in [5, 5.41) is 2.26. The minimum Gasteiger partial charge on any atom is -0.497 e. The Morgan fingerprint density at radius 1 is 1.09 bits per heavy atom. The van der Waals surface area contributed by atoms with Crippen LogP contribution in [-0.4, -0.2) is 25.6 Å². The van der Waals surface area contributed by atoms with Crippen LogP contribution in [0.25, 0.3) is 0 Å². The number of hydrogen-bond donors (Lipinski definition) is 1. The fourth-order valence-electron chi connectivity index (χ4n) is 2.34. The van der Waals surface area contributed by atoms with E-state index in [-0.39, 0.29) is 12.5 Å². The second kappa shape index (κ2) is 6.00. The van der Waals surface area contributed by atoms with Crippen LogP contribution in [0.2, 0.25) is 0 Å². The zero-order chi connectivity index (χ0) is 16.4. The fourth-order valence-corrected chi connectivity index (χ4v) is 2.34. The van der Waals surface area contributed by atoms with Gasteiger partial charge in [0.1, 0.15) is 18.0 Å². The maximum atomic E-state index is 11.9. The lowest BCUT2D eigenvalue weighted by atomic mass is 10.2. The second-order valence-corrected chi connectivity index (χ2v) is 5.14. The summed E-state index contributed by atoms with van der Waals surface area (Å²) in [6.45, 7) is 1.90. The largest absolute Gasteiger partial charge is 0.497 e. The Kier molecular flexibility index (Phi) is 3.89. The van der Waals surface area contributed by atoms with E-state index in [9.17, 15) is 9.59 Å². The number of rotatable bonds is 4. The molecule has 0 radical (unpaired) electrons. The summed E-state index contributed by atoms with van der Waals surface area (Å²) in [4.78, 5) is 24.6. The van der Waals surface area contributed by atoms with E-state index in [1.54, 1.807) is 31.4 Å². The van der Waals surface area contributed by atoms with Crippen molar-refractivity contribution in [2.45, 2.75) is 6.92 Å². The summed E-state index contributed by atoms with van der Waals surface area (Å²) < 4.78 is 11.2. The van der Waals surface area contributed by atoms with E-state index >= 15 is 0 Å². The number of benzene rings is 2. The normalized spacial score (nSPS) is 13.9. The first kappa shape index (κ1) is 14.9. The number of carbonyl (C=O) groups excluding carboxylic acids is 2. The van der Waals surface area contributed by atoms with Crippen molar-refractivity contribution in [2.24, 2.45) is 0 Å². The predicted molar refractivity (Wildman–Crippen MR) is 85.1 cm³/mol.